The lowest BCUT2D eigenvalue weighted by Gasteiger charge is -2.14. The van der Waals surface area contributed by atoms with Gasteiger partial charge in [-0.15, -0.1) is 0 Å². The number of para-hydroxylation sites is 1. The molecule has 1 heterocycles. The van der Waals surface area contributed by atoms with Crippen molar-refractivity contribution in [3.8, 4) is 11.5 Å². The highest BCUT2D eigenvalue weighted by Crippen LogP contribution is 2.29. The minimum Gasteiger partial charge on any atom is -0.496 e. The number of carbonyl (C=O) groups is 1. The standard InChI is InChI=1S/C24H27NO5/c1-3-29-24(26)23-21(27-2)11-8-12-22(23)30-16-7-6-15-28-17-19-14-13-18-9-4-5-10-20(18)25-19/h4-5,8-14H,3,6-7,15-17H2,1-2H3. The predicted molar refractivity (Wildman–Crippen MR) is 115 cm³/mol. The van der Waals surface area contributed by atoms with Crippen molar-refractivity contribution in [1.29, 1.82) is 0 Å². The summed E-state index contributed by atoms with van der Waals surface area (Å²) in [5.74, 6) is 0.461. The molecule has 2 aromatic carbocycles. The van der Waals surface area contributed by atoms with E-state index < -0.39 is 5.97 Å². The van der Waals surface area contributed by atoms with Crippen LogP contribution in [0.15, 0.2) is 54.6 Å². The van der Waals surface area contributed by atoms with E-state index in [1.54, 1.807) is 25.1 Å². The first-order valence-electron chi connectivity index (χ1n) is 10.1. The van der Waals surface area contributed by atoms with E-state index in [2.05, 4.69) is 11.1 Å². The number of fused-ring (bicyclic) bond motifs is 1. The van der Waals surface area contributed by atoms with Gasteiger partial charge in [-0.2, -0.15) is 0 Å². The zero-order valence-corrected chi connectivity index (χ0v) is 17.4. The number of esters is 1. The van der Waals surface area contributed by atoms with Crippen LogP contribution in [0.25, 0.3) is 10.9 Å². The number of unbranched alkanes of at least 4 members (excludes halogenated alkanes) is 1. The number of methoxy groups -OCH3 is 1. The molecule has 0 aliphatic rings. The van der Waals surface area contributed by atoms with Crippen molar-refractivity contribution in [2.75, 3.05) is 26.9 Å². The Bertz CT molecular complexity index is 973. The summed E-state index contributed by atoms with van der Waals surface area (Å²) in [5.41, 5.74) is 2.21. The maximum Gasteiger partial charge on any atom is 0.345 e. The number of ether oxygens (including phenoxy) is 4. The first kappa shape index (κ1) is 21.6. The normalized spacial score (nSPS) is 10.7. The summed E-state index contributed by atoms with van der Waals surface area (Å²) in [4.78, 5) is 16.8. The molecule has 1 aromatic heterocycles. The molecule has 0 atom stereocenters. The van der Waals surface area contributed by atoms with Crippen molar-refractivity contribution in [3.05, 3.63) is 65.9 Å². The van der Waals surface area contributed by atoms with Gasteiger partial charge >= 0.3 is 5.97 Å². The molecule has 30 heavy (non-hydrogen) atoms. The third-order valence-corrected chi connectivity index (χ3v) is 4.53. The molecule has 6 nitrogen and oxygen atoms in total. The van der Waals surface area contributed by atoms with Crippen LogP contribution in [-0.4, -0.2) is 37.9 Å². The molecular formula is C24H27NO5. The lowest BCUT2D eigenvalue weighted by atomic mass is 10.1. The van der Waals surface area contributed by atoms with Gasteiger partial charge in [0.2, 0.25) is 0 Å². The van der Waals surface area contributed by atoms with Crippen LogP contribution in [0, 0.1) is 0 Å². The van der Waals surface area contributed by atoms with Crippen molar-refractivity contribution in [2.45, 2.75) is 26.4 Å². The lowest BCUT2D eigenvalue weighted by Crippen LogP contribution is -2.10. The van der Waals surface area contributed by atoms with Crippen LogP contribution >= 0.6 is 0 Å². The molecule has 0 amide bonds. The summed E-state index contributed by atoms with van der Waals surface area (Å²) >= 11 is 0. The number of hydrogen-bond acceptors (Lipinski definition) is 6. The van der Waals surface area contributed by atoms with Crippen molar-refractivity contribution < 1.29 is 23.7 Å². The van der Waals surface area contributed by atoms with E-state index in [4.69, 9.17) is 18.9 Å². The largest absolute Gasteiger partial charge is 0.496 e. The number of pyridine rings is 1. The second-order valence-corrected chi connectivity index (χ2v) is 6.66. The van der Waals surface area contributed by atoms with Crippen molar-refractivity contribution >= 4 is 16.9 Å². The zero-order chi connectivity index (χ0) is 21.2. The number of hydrogen-bond donors (Lipinski definition) is 0. The lowest BCUT2D eigenvalue weighted by molar-refractivity contribution is 0.0517. The van der Waals surface area contributed by atoms with Crippen LogP contribution < -0.4 is 9.47 Å². The van der Waals surface area contributed by atoms with Crippen LogP contribution in [0.2, 0.25) is 0 Å². The van der Waals surface area contributed by atoms with Gasteiger partial charge in [-0.05, 0) is 44.0 Å². The number of aromatic nitrogens is 1. The molecule has 3 rings (SSSR count). The average Bonchev–Trinajstić information content (AvgIpc) is 2.78. The Kier molecular flexibility index (Phi) is 8.03. The molecule has 0 aliphatic heterocycles. The molecule has 6 heteroatoms. The fourth-order valence-corrected chi connectivity index (χ4v) is 3.06. The molecular weight excluding hydrogens is 382 g/mol. The Morgan fingerprint density at radius 3 is 2.57 bits per heavy atom. The highest BCUT2D eigenvalue weighted by molar-refractivity contribution is 5.95. The second kappa shape index (κ2) is 11.2. The van der Waals surface area contributed by atoms with Gasteiger partial charge in [0.1, 0.15) is 17.1 Å². The molecule has 0 spiro atoms. The summed E-state index contributed by atoms with van der Waals surface area (Å²) in [6.45, 7) is 3.62. The van der Waals surface area contributed by atoms with Crippen LogP contribution in [0.4, 0.5) is 0 Å². The first-order valence-corrected chi connectivity index (χ1v) is 10.1. The van der Waals surface area contributed by atoms with Gasteiger partial charge in [-0.25, -0.2) is 4.79 Å². The van der Waals surface area contributed by atoms with Gasteiger partial charge in [0.25, 0.3) is 0 Å². The summed E-state index contributed by atoms with van der Waals surface area (Å²) in [5, 5.41) is 1.12. The highest BCUT2D eigenvalue weighted by atomic mass is 16.5. The van der Waals surface area contributed by atoms with E-state index in [0.29, 0.717) is 43.5 Å². The Morgan fingerprint density at radius 2 is 1.73 bits per heavy atom. The Balaban J connectivity index is 1.42. The topological polar surface area (TPSA) is 66.9 Å². The van der Waals surface area contributed by atoms with E-state index >= 15 is 0 Å². The molecule has 0 saturated heterocycles. The fourth-order valence-electron chi connectivity index (χ4n) is 3.06. The van der Waals surface area contributed by atoms with Gasteiger partial charge in [0.05, 0.1) is 38.1 Å². The monoisotopic (exact) mass is 409 g/mol. The molecule has 0 bridgehead atoms. The highest BCUT2D eigenvalue weighted by Gasteiger charge is 2.19. The second-order valence-electron chi connectivity index (χ2n) is 6.66. The maximum absolute atomic E-state index is 12.2. The van der Waals surface area contributed by atoms with E-state index in [1.165, 1.54) is 7.11 Å². The third-order valence-electron chi connectivity index (χ3n) is 4.53. The quantitative estimate of drug-likeness (QED) is 0.335. The van der Waals surface area contributed by atoms with Gasteiger partial charge in [0.15, 0.2) is 0 Å². The average molecular weight is 409 g/mol. The number of benzene rings is 2. The van der Waals surface area contributed by atoms with E-state index in [9.17, 15) is 4.79 Å². The molecule has 0 radical (unpaired) electrons. The Hall–Kier alpha value is -3.12. The molecule has 3 aromatic rings. The predicted octanol–water partition coefficient (Wildman–Crippen LogP) is 4.80. The van der Waals surface area contributed by atoms with Crippen LogP contribution in [0.5, 0.6) is 11.5 Å². The minimum absolute atomic E-state index is 0.291. The first-order chi connectivity index (χ1) is 14.7. The van der Waals surface area contributed by atoms with Crippen LogP contribution in [-0.2, 0) is 16.1 Å². The van der Waals surface area contributed by atoms with Crippen LogP contribution in [0.3, 0.4) is 0 Å². The van der Waals surface area contributed by atoms with Crippen molar-refractivity contribution in [3.63, 3.8) is 0 Å². The molecule has 0 N–H and O–H groups in total. The van der Waals surface area contributed by atoms with E-state index in [-0.39, 0.29) is 0 Å². The summed E-state index contributed by atoms with van der Waals surface area (Å²) < 4.78 is 21.9. The SMILES string of the molecule is CCOC(=O)c1c(OC)cccc1OCCCCOCc1ccc2ccccc2n1. The third kappa shape index (κ3) is 5.70. The Labute approximate surface area is 176 Å². The Morgan fingerprint density at radius 1 is 0.933 bits per heavy atom. The number of carbonyl (C=O) groups excluding carboxylic acids is 1. The van der Waals surface area contributed by atoms with Gasteiger partial charge in [-0.3, -0.25) is 4.98 Å². The maximum atomic E-state index is 12.2. The molecule has 0 fully saturated rings. The van der Waals surface area contributed by atoms with Crippen LogP contribution in [0.1, 0.15) is 35.8 Å². The fraction of sp³-hybridized carbons (Fsp3) is 0.333. The molecule has 0 aliphatic carbocycles. The van der Waals surface area contributed by atoms with E-state index in [0.717, 1.165) is 29.4 Å². The van der Waals surface area contributed by atoms with Gasteiger partial charge in [-0.1, -0.05) is 30.3 Å². The molecule has 0 unspecified atom stereocenters. The van der Waals surface area contributed by atoms with E-state index in [1.807, 2.05) is 30.3 Å². The zero-order valence-electron chi connectivity index (χ0n) is 17.4. The number of nitrogens with zero attached hydrogens (tertiary/aromatic N) is 1. The summed E-state index contributed by atoms with van der Waals surface area (Å²) in [6.07, 6.45) is 1.64. The number of rotatable bonds is 11. The summed E-state index contributed by atoms with van der Waals surface area (Å²) in [7, 11) is 1.52. The van der Waals surface area contributed by atoms with Crippen molar-refractivity contribution in [1.82, 2.24) is 4.98 Å². The smallest absolute Gasteiger partial charge is 0.345 e. The van der Waals surface area contributed by atoms with Gasteiger partial charge in [0, 0.05) is 12.0 Å². The summed E-state index contributed by atoms with van der Waals surface area (Å²) in [6, 6.07) is 17.3. The van der Waals surface area contributed by atoms with Gasteiger partial charge < -0.3 is 18.9 Å². The van der Waals surface area contributed by atoms with Crippen molar-refractivity contribution in [2.24, 2.45) is 0 Å². The minimum atomic E-state index is -0.448. The molecule has 0 saturated carbocycles. The molecule has 158 valence electrons.